The predicted octanol–water partition coefficient (Wildman–Crippen LogP) is 5.26. The molecule has 1 fully saturated rings. The van der Waals surface area contributed by atoms with E-state index in [0.717, 1.165) is 29.1 Å². The third kappa shape index (κ3) is 4.25. The van der Waals surface area contributed by atoms with Gasteiger partial charge in [0.1, 0.15) is 0 Å². The zero-order chi connectivity index (χ0) is 22.1. The van der Waals surface area contributed by atoms with E-state index in [1.165, 1.54) is 27.8 Å². The van der Waals surface area contributed by atoms with Crippen LogP contribution in [0, 0.1) is 0 Å². The van der Waals surface area contributed by atoms with Crippen molar-refractivity contribution < 1.29 is 8.42 Å². The van der Waals surface area contributed by atoms with Crippen LogP contribution in [0.15, 0.2) is 72.4 Å². The molecule has 0 unspecified atom stereocenters. The fraction of sp³-hybridized carbons (Fsp3) is 0.269. The van der Waals surface area contributed by atoms with Crippen LogP contribution < -0.4 is 0 Å². The molecule has 3 aromatic rings. The summed E-state index contributed by atoms with van der Waals surface area (Å²) in [5.74, 6) is 0.0471. The minimum atomic E-state index is -3.35. The Hall–Kier alpha value is -2.47. The summed E-state index contributed by atoms with van der Waals surface area (Å²) in [6.07, 6.45) is 5.11. The quantitative estimate of drug-likeness (QED) is 0.531. The lowest BCUT2D eigenvalue weighted by molar-refractivity contribution is 0.387. The molecule has 0 atom stereocenters. The fourth-order valence-corrected chi connectivity index (χ4v) is 6.52. The van der Waals surface area contributed by atoms with Gasteiger partial charge >= 0.3 is 0 Å². The second-order valence-corrected chi connectivity index (χ2v) is 10.8. The Labute approximate surface area is 194 Å². The summed E-state index contributed by atoms with van der Waals surface area (Å²) in [6.45, 7) is 0.998. The summed E-state index contributed by atoms with van der Waals surface area (Å²) in [4.78, 5) is 4.76. The molecule has 0 spiro atoms. The maximum Gasteiger partial charge on any atom is 0.218 e. The number of aryl methyl sites for hydroxylation is 2. The number of hydrogen-bond donors (Lipinski definition) is 0. The van der Waals surface area contributed by atoms with Gasteiger partial charge in [-0.1, -0.05) is 59.6 Å². The van der Waals surface area contributed by atoms with Crippen LogP contribution in [0.2, 0.25) is 5.02 Å². The molecule has 1 aliphatic heterocycles. The lowest BCUT2D eigenvalue weighted by Crippen LogP contribution is -2.37. The molecule has 2 aliphatic rings. The van der Waals surface area contributed by atoms with E-state index in [9.17, 15) is 8.42 Å². The van der Waals surface area contributed by atoms with Gasteiger partial charge in [-0.25, -0.2) is 12.7 Å². The summed E-state index contributed by atoms with van der Waals surface area (Å²) in [5, 5.41) is 0.744. The van der Waals surface area contributed by atoms with Gasteiger partial charge in [-0.3, -0.25) is 4.98 Å². The van der Waals surface area contributed by atoms with Crippen LogP contribution in [-0.2, 0) is 28.6 Å². The molecule has 0 bridgehead atoms. The van der Waals surface area contributed by atoms with Crippen LogP contribution in [0.4, 0.5) is 0 Å². The van der Waals surface area contributed by atoms with Crippen molar-refractivity contribution in [2.45, 2.75) is 31.4 Å². The molecule has 2 aromatic carbocycles. The largest absolute Gasteiger partial charge is 0.256 e. The van der Waals surface area contributed by atoms with Gasteiger partial charge in [0.15, 0.2) is 0 Å². The topological polar surface area (TPSA) is 50.3 Å². The number of aromatic nitrogens is 1. The Balaban J connectivity index is 1.48. The van der Waals surface area contributed by atoms with Gasteiger partial charge in [0, 0.05) is 29.9 Å². The highest BCUT2D eigenvalue weighted by Gasteiger charge is 2.29. The lowest BCUT2D eigenvalue weighted by atomic mass is 9.89. The van der Waals surface area contributed by atoms with Crippen LogP contribution in [0.3, 0.4) is 0 Å². The normalized spacial score (nSPS) is 16.9. The van der Waals surface area contributed by atoms with Crippen molar-refractivity contribution in [2.75, 3.05) is 13.1 Å². The second kappa shape index (κ2) is 8.81. The molecule has 1 aromatic heterocycles. The number of benzene rings is 2. The highest BCUT2D eigenvalue weighted by Crippen LogP contribution is 2.38. The number of rotatable bonds is 3. The van der Waals surface area contributed by atoms with E-state index in [2.05, 4.69) is 18.2 Å². The molecule has 164 valence electrons. The zero-order valence-electron chi connectivity index (χ0n) is 17.8. The van der Waals surface area contributed by atoms with E-state index in [-0.39, 0.29) is 5.75 Å². The van der Waals surface area contributed by atoms with Gasteiger partial charge < -0.3 is 0 Å². The molecule has 5 rings (SSSR count). The number of halogens is 1. The summed E-state index contributed by atoms with van der Waals surface area (Å²) in [6, 6.07) is 19.6. The van der Waals surface area contributed by atoms with Crippen molar-refractivity contribution >= 4 is 27.2 Å². The highest BCUT2D eigenvalue weighted by molar-refractivity contribution is 7.88. The van der Waals surface area contributed by atoms with Crippen LogP contribution in [0.1, 0.15) is 40.8 Å². The smallest absolute Gasteiger partial charge is 0.218 e. The maximum absolute atomic E-state index is 13.0. The first-order valence-electron chi connectivity index (χ1n) is 11.0. The molecule has 4 nitrogen and oxygen atoms in total. The predicted molar refractivity (Wildman–Crippen MR) is 129 cm³/mol. The average molecular weight is 465 g/mol. The van der Waals surface area contributed by atoms with E-state index in [1.807, 2.05) is 48.7 Å². The van der Waals surface area contributed by atoms with Gasteiger partial charge in [0.25, 0.3) is 0 Å². The molecule has 2 heterocycles. The molecular formula is C26H25ClN2O2S. The number of pyridine rings is 1. The monoisotopic (exact) mass is 464 g/mol. The summed E-state index contributed by atoms with van der Waals surface area (Å²) < 4.78 is 27.7. The Morgan fingerprint density at radius 1 is 0.875 bits per heavy atom. The molecule has 0 amide bonds. The van der Waals surface area contributed by atoms with E-state index < -0.39 is 10.0 Å². The van der Waals surface area contributed by atoms with Crippen molar-refractivity contribution in [1.82, 2.24) is 9.29 Å². The minimum absolute atomic E-state index is 0.0471. The molecule has 0 saturated carbocycles. The molecule has 6 heteroatoms. The molecule has 32 heavy (non-hydrogen) atoms. The lowest BCUT2D eigenvalue weighted by Gasteiger charge is -2.29. The number of sulfonamides is 1. The average Bonchev–Trinajstić information content (AvgIpc) is 2.96. The Morgan fingerprint density at radius 2 is 1.62 bits per heavy atom. The third-order valence-corrected chi connectivity index (χ3v) is 8.48. The van der Waals surface area contributed by atoms with E-state index >= 15 is 0 Å². The first kappa shape index (κ1) is 21.4. The first-order valence-corrected chi connectivity index (χ1v) is 13.0. The standard InChI is InChI=1S/C26H25ClN2O2S/c27-23-10-11-24-22(17-23)9-8-21-7-4-14-28-26(21)25(24)20-12-15-29(16-13-20)32(30,31)18-19-5-2-1-3-6-19/h1-7,10-11,14,17H,8-9,12-13,15-16,18H2. The van der Waals surface area contributed by atoms with Crippen LogP contribution in [0.5, 0.6) is 0 Å². The van der Waals surface area contributed by atoms with Crippen molar-refractivity contribution in [1.29, 1.82) is 0 Å². The maximum atomic E-state index is 13.0. The van der Waals surface area contributed by atoms with Crippen molar-refractivity contribution in [3.63, 3.8) is 0 Å². The number of fused-ring (bicyclic) bond motifs is 2. The minimum Gasteiger partial charge on any atom is -0.256 e. The number of nitrogens with zero attached hydrogens (tertiary/aromatic N) is 2. The Morgan fingerprint density at radius 3 is 2.41 bits per heavy atom. The SMILES string of the molecule is O=S(=O)(Cc1ccccc1)N1CCC(=C2c3ccc(Cl)cc3CCc3cccnc32)CC1. The van der Waals surface area contributed by atoms with Crippen molar-refractivity contribution in [3.8, 4) is 0 Å². The third-order valence-electron chi connectivity index (χ3n) is 6.39. The summed E-state index contributed by atoms with van der Waals surface area (Å²) in [5.41, 5.74) is 7.96. The first-order chi connectivity index (χ1) is 15.5. The number of hydrogen-bond acceptors (Lipinski definition) is 3. The van der Waals surface area contributed by atoms with Gasteiger partial charge in [-0.15, -0.1) is 0 Å². The highest BCUT2D eigenvalue weighted by atomic mass is 35.5. The van der Waals surface area contributed by atoms with Gasteiger partial charge in [-0.05, 0) is 66.1 Å². The van der Waals surface area contributed by atoms with Crippen LogP contribution in [0.25, 0.3) is 5.57 Å². The van der Waals surface area contributed by atoms with Crippen LogP contribution >= 0.6 is 11.6 Å². The van der Waals surface area contributed by atoms with Crippen molar-refractivity contribution in [2.24, 2.45) is 0 Å². The number of piperidine rings is 1. The van der Waals surface area contributed by atoms with E-state index in [1.54, 1.807) is 4.31 Å². The Kier molecular flexibility index (Phi) is 5.89. The molecule has 0 N–H and O–H groups in total. The Bertz CT molecular complexity index is 1280. The second-order valence-electron chi connectivity index (χ2n) is 8.43. The summed E-state index contributed by atoms with van der Waals surface area (Å²) in [7, 11) is -3.35. The summed E-state index contributed by atoms with van der Waals surface area (Å²) >= 11 is 6.31. The van der Waals surface area contributed by atoms with E-state index in [4.69, 9.17) is 16.6 Å². The molecule has 0 radical (unpaired) electrons. The van der Waals surface area contributed by atoms with Gasteiger partial charge in [-0.2, -0.15) is 0 Å². The van der Waals surface area contributed by atoms with Gasteiger partial charge in [0.2, 0.25) is 10.0 Å². The fourth-order valence-electron chi connectivity index (χ4n) is 4.79. The zero-order valence-corrected chi connectivity index (χ0v) is 19.4. The van der Waals surface area contributed by atoms with Gasteiger partial charge in [0.05, 0.1) is 11.4 Å². The van der Waals surface area contributed by atoms with Crippen molar-refractivity contribution in [3.05, 3.63) is 105 Å². The molecular weight excluding hydrogens is 440 g/mol. The van der Waals surface area contributed by atoms with E-state index in [0.29, 0.717) is 25.9 Å². The van der Waals surface area contributed by atoms with Crippen LogP contribution in [-0.4, -0.2) is 30.8 Å². The molecule has 1 aliphatic carbocycles. The molecule has 1 saturated heterocycles.